The molecule has 0 aliphatic heterocycles. The van der Waals surface area contributed by atoms with Crippen molar-refractivity contribution in [2.75, 3.05) is 0 Å². The van der Waals surface area contributed by atoms with E-state index in [-0.39, 0.29) is 5.56 Å². The maximum Gasteiger partial charge on any atom is 0.339 e. The van der Waals surface area contributed by atoms with Crippen LogP contribution in [0.3, 0.4) is 0 Å². The molecule has 6 heteroatoms. The number of carbonyl (C=O) groups is 2. The van der Waals surface area contributed by atoms with E-state index in [9.17, 15) is 9.59 Å². The molecule has 1 aromatic rings. The second-order valence-corrected chi connectivity index (χ2v) is 2.48. The molecular formula is C8H7NO5. The van der Waals surface area contributed by atoms with Crippen molar-refractivity contribution >= 4 is 11.9 Å². The minimum absolute atomic E-state index is 0.0531. The second kappa shape index (κ2) is 3.75. The second-order valence-electron chi connectivity index (χ2n) is 2.48. The van der Waals surface area contributed by atoms with Crippen LogP contribution >= 0.6 is 0 Å². The lowest BCUT2D eigenvalue weighted by Gasteiger charge is -2.02. The van der Waals surface area contributed by atoms with Crippen molar-refractivity contribution < 1.29 is 25.0 Å². The number of rotatable bonds is 2. The van der Waals surface area contributed by atoms with Gasteiger partial charge in [0.05, 0.1) is 0 Å². The lowest BCUT2D eigenvalue weighted by atomic mass is 10.1. The monoisotopic (exact) mass is 197 g/mol. The quantitative estimate of drug-likeness (QED) is 0.400. The predicted molar refractivity (Wildman–Crippen MR) is 44.3 cm³/mol. The first-order valence-corrected chi connectivity index (χ1v) is 3.57. The van der Waals surface area contributed by atoms with Crippen LogP contribution in [-0.4, -0.2) is 27.3 Å². The van der Waals surface area contributed by atoms with Gasteiger partial charge in [0.2, 0.25) is 0 Å². The first-order valence-electron chi connectivity index (χ1n) is 3.57. The molecule has 0 radical (unpaired) electrons. The van der Waals surface area contributed by atoms with E-state index < -0.39 is 23.2 Å². The normalized spacial score (nSPS) is 9.50. The Kier molecular flexibility index (Phi) is 2.68. The minimum Gasteiger partial charge on any atom is -0.507 e. The molecule has 14 heavy (non-hydrogen) atoms. The van der Waals surface area contributed by atoms with E-state index >= 15 is 0 Å². The van der Waals surface area contributed by atoms with Gasteiger partial charge in [-0.2, -0.15) is 0 Å². The van der Waals surface area contributed by atoms with Crippen molar-refractivity contribution in [1.29, 1.82) is 0 Å². The van der Waals surface area contributed by atoms with Crippen molar-refractivity contribution in [3.63, 3.8) is 0 Å². The summed E-state index contributed by atoms with van der Waals surface area (Å²) in [6.07, 6.45) is 0. The summed E-state index contributed by atoms with van der Waals surface area (Å²) < 4.78 is 0. The van der Waals surface area contributed by atoms with Crippen LogP contribution in [0.1, 0.15) is 20.7 Å². The average Bonchev–Trinajstić information content (AvgIpc) is 2.17. The fourth-order valence-corrected chi connectivity index (χ4v) is 0.913. The summed E-state index contributed by atoms with van der Waals surface area (Å²) in [4.78, 5) is 21.4. The minimum atomic E-state index is -1.35. The van der Waals surface area contributed by atoms with Gasteiger partial charge in [0.15, 0.2) is 0 Å². The smallest absolute Gasteiger partial charge is 0.339 e. The number of benzene rings is 1. The number of carbonyl (C=O) groups excluding carboxylic acids is 1. The number of carboxylic acid groups (broad SMARTS) is 1. The van der Waals surface area contributed by atoms with Gasteiger partial charge in [0.25, 0.3) is 5.91 Å². The molecule has 0 saturated heterocycles. The molecule has 0 spiro atoms. The Balaban J connectivity index is 3.19. The molecule has 1 rings (SSSR count). The lowest BCUT2D eigenvalue weighted by Crippen LogP contribution is -2.18. The maximum absolute atomic E-state index is 10.9. The van der Waals surface area contributed by atoms with Gasteiger partial charge in [-0.25, -0.2) is 10.3 Å². The zero-order valence-corrected chi connectivity index (χ0v) is 6.89. The van der Waals surface area contributed by atoms with Crippen LogP contribution in [0, 0.1) is 0 Å². The van der Waals surface area contributed by atoms with Crippen molar-refractivity contribution in [1.82, 2.24) is 5.48 Å². The van der Waals surface area contributed by atoms with Crippen LogP contribution in [0.2, 0.25) is 0 Å². The third kappa shape index (κ3) is 1.80. The molecule has 74 valence electrons. The highest BCUT2D eigenvalue weighted by Gasteiger charge is 2.13. The van der Waals surface area contributed by atoms with E-state index in [1.54, 1.807) is 0 Å². The number of phenols is 1. The van der Waals surface area contributed by atoms with Crippen molar-refractivity contribution in [2.45, 2.75) is 0 Å². The fraction of sp³-hybridized carbons (Fsp3) is 0. The third-order valence-electron chi connectivity index (χ3n) is 1.59. The molecule has 4 N–H and O–H groups in total. The third-order valence-corrected chi connectivity index (χ3v) is 1.59. The molecule has 0 heterocycles. The van der Waals surface area contributed by atoms with Gasteiger partial charge >= 0.3 is 5.97 Å². The molecule has 0 aromatic heterocycles. The molecule has 0 fully saturated rings. The molecule has 1 amide bonds. The lowest BCUT2D eigenvalue weighted by molar-refractivity contribution is 0.0693. The zero-order chi connectivity index (χ0) is 10.7. The topological polar surface area (TPSA) is 107 Å². The number of hydrogen-bond donors (Lipinski definition) is 4. The van der Waals surface area contributed by atoms with Crippen LogP contribution in [0.5, 0.6) is 5.75 Å². The first-order chi connectivity index (χ1) is 6.56. The zero-order valence-electron chi connectivity index (χ0n) is 6.89. The Morgan fingerprint density at radius 2 is 1.93 bits per heavy atom. The van der Waals surface area contributed by atoms with E-state index in [2.05, 4.69) is 0 Å². The highest BCUT2D eigenvalue weighted by molar-refractivity contribution is 5.98. The van der Waals surface area contributed by atoms with Crippen molar-refractivity contribution in [3.05, 3.63) is 29.3 Å². The number of aromatic hydroxyl groups is 1. The maximum atomic E-state index is 10.9. The molecule has 0 atom stereocenters. The van der Waals surface area contributed by atoms with E-state index in [1.807, 2.05) is 0 Å². The molecule has 1 aromatic carbocycles. The highest BCUT2D eigenvalue weighted by Crippen LogP contribution is 2.18. The summed E-state index contributed by atoms with van der Waals surface area (Å²) in [5.41, 5.74) is 0.903. The molecule has 0 aliphatic carbocycles. The SMILES string of the molecule is O=C(NO)c1ccc(O)c(C(=O)O)c1. The number of nitrogens with one attached hydrogen (secondary N) is 1. The van der Waals surface area contributed by atoms with Crippen molar-refractivity contribution in [2.24, 2.45) is 0 Å². The Morgan fingerprint density at radius 3 is 2.43 bits per heavy atom. The Bertz CT molecular complexity index is 387. The number of aromatic carboxylic acids is 1. The summed E-state index contributed by atoms with van der Waals surface area (Å²) in [6.45, 7) is 0. The van der Waals surface area contributed by atoms with Crippen molar-refractivity contribution in [3.8, 4) is 5.75 Å². The molecule has 0 bridgehead atoms. The molecule has 0 aliphatic rings. The van der Waals surface area contributed by atoms with Crippen LogP contribution in [0.4, 0.5) is 0 Å². The van der Waals surface area contributed by atoms with Gasteiger partial charge in [-0.15, -0.1) is 0 Å². The molecule has 0 saturated carbocycles. The summed E-state index contributed by atoms with van der Waals surface area (Å²) in [5, 5.41) is 26.0. The van der Waals surface area contributed by atoms with Gasteiger partial charge in [-0.05, 0) is 18.2 Å². The first kappa shape index (κ1) is 10.0. The summed E-state index contributed by atoms with van der Waals surface area (Å²) in [5.74, 6) is -2.63. The van der Waals surface area contributed by atoms with Gasteiger partial charge in [-0.1, -0.05) is 0 Å². The van der Waals surface area contributed by atoms with Crippen LogP contribution in [0.25, 0.3) is 0 Å². The number of hydrogen-bond acceptors (Lipinski definition) is 4. The van der Waals surface area contributed by atoms with E-state index in [0.717, 1.165) is 12.1 Å². The van der Waals surface area contributed by atoms with Gasteiger partial charge in [0, 0.05) is 5.56 Å². The van der Waals surface area contributed by atoms with E-state index in [0.29, 0.717) is 0 Å². The number of carboxylic acids is 1. The molecular weight excluding hydrogens is 190 g/mol. The van der Waals surface area contributed by atoms with Gasteiger partial charge in [-0.3, -0.25) is 10.0 Å². The largest absolute Gasteiger partial charge is 0.507 e. The van der Waals surface area contributed by atoms with E-state index in [1.165, 1.54) is 11.5 Å². The fourth-order valence-electron chi connectivity index (χ4n) is 0.913. The average molecular weight is 197 g/mol. The predicted octanol–water partition coefficient (Wildman–Crippen LogP) is 0.209. The van der Waals surface area contributed by atoms with Gasteiger partial charge in [0.1, 0.15) is 11.3 Å². The number of hydroxylamine groups is 1. The Morgan fingerprint density at radius 1 is 1.29 bits per heavy atom. The summed E-state index contributed by atoms with van der Waals surface area (Å²) in [6, 6.07) is 3.21. The van der Waals surface area contributed by atoms with Crippen LogP contribution < -0.4 is 5.48 Å². The Labute approximate surface area is 78.4 Å². The molecule has 6 nitrogen and oxygen atoms in total. The Hall–Kier alpha value is -2.08. The van der Waals surface area contributed by atoms with Gasteiger partial charge < -0.3 is 10.2 Å². The molecule has 0 unspecified atom stereocenters. The summed E-state index contributed by atoms with van der Waals surface area (Å²) in [7, 11) is 0. The van der Waals surface area contributed by atoms with Crippen LogP contribution in [-0.2, 0) is 0 Å². The van der Waals surface area contributed by atoms with E-state index in [4.69, 9.17) is 15.4 Å². The summed E-state index contributed by atoms with van der Waals surface area (Å²) >= 11 is 0. The highest BCUT2D eigenvalue weighted by atomic mass is 16.5. The van der Waals surface area contributed by atoms with Crippen LogP contribution in [0.15, 0.2) is 18.2 Å². The standard InChI is InChI=1S/C8H7NO5/c10-6-2-1-4(7(11)9-14)3-5(6)8(12)13/h1-3,10,14H,(H,9,11)(H,12,13). The number of amides is 1.